The van der Waals surface area contributed by atoms with E-state index in [1.165, 1.54) is 0 Å². The average molecular weight is 460 g/mol. The van der Waals surface area contributed by atoms with Crippen molar-refractivity contribution in [2.75, 3.05) is 18.4 Å². The van der Waals surface area contributed by atoms with E-state index in [0.717, 1.165) is 16.6 Å². The number of H-pyrrole nitrogens is 1. The van der Waals surface area contributed by atoms with E-state index in [0.29, 0.717) is 31.7 Å². The molecule has 3 N–H and O–H groups in total. The van der Waals surface area contributed by atoms with Crippen LogP contribution in [0.5, 0.6) is 0 Å². The standard InChI is InChI=1S/C22H23F3N6O2/c23-22(24,25)18-10-14(5-6-26-18)20(32)28-19-11-15-12-30(7-8-31(15)29-19)21(33)17-9-13-3-1-2-4-16(13)27-17/h1-4,9,11,14,18,26-27H,5-8,10,12H2,(H,28,29,32). The number of alkyl halides is 3. The Morgan fingerprint density at radius 1 is 1.15 bits per heavy atom. The van der Waals surface area contributed by atoms with Crippen molar-refractivity contribution in [1.29, 1.82) is 0 Å². The fourth-order valence-electron chi connectivity index (χ4n) is 4.49. The normalized spacial score (nSPS) is 21.1. The van der Waals surface area contributed by atoms with Crippen LogP contribution in [0.25, 0.3) is 10.9 Å². The van der Waals surface area contributed by atoms with Crippen LogP contribution in [-0.4, -0.2) is 56.8 Å². The van der Waals surface area contributed by atoms with Crippen LogP contribution in [-0.2, 0) is 17.9 Å². The van der Waals surface area contributed by atoms with Crippen molar-refractivity contribution in [3.05, 3.63) is 47.8 Å². The number of anilines is 1. The lowest BCUT2D eigenvalue weighted by Crippen LogP contribution is -2.49. The van der Waals surface area contributed by atoms with E-state index in [-0.39, 0.29) is 24.7 Å². The smallest absolute Gasteiger partial charge is 0.351 e. The molecular formula is C22H23F3N6O2. The molecule has 0 bridgehead atoms. The molecule has 5 rings (SSSR count). The van der Waals surface area contributed by atoms with E-state index < -0.39 is 24.0 Å². The second-order valence-corrected chi connectivity index (χ2v) is 8.50. The highest BCUT2D eigenvalue weighted by Crippen LogP contribution is 2.30. The Labute approximate surface area is 187 Å². The number of benzene rings is 1. The Kier molecular flexibility index (Phi) is 5.35. The molecule has 2 aromatic heterocycles. The number of piperidine rings is 1. The van der Waals surface area contributed by atoms with Crippen molar-refractivity contribution in [2.45, 2.75) is 38.1 Å². The SMILES string of the molecule is O=C(Nc1cc2n(n1)CCN(C(=O)c1cc3ccccc3[nH]1)C2)C1CCNC(C(F)(F)F)C1. The Morgan fingerprint density at radius 2 is 1.97 bits per heavy atom. The average Bonchev–Trinajstić information content (AvgIpc) is 3.41. The molecule has 2 unspecified atom stereocenters. The topological polar surface area (TPSA) is 95.1 Å². The van der Waals surface area contributed by atoms with E-state index in [1.54, 1.807) is 15.6 Å². The van der Waals surface area contributed by atoms with Gasteiger partial charge in [0.05, 0.1) is 18.8 Å². The molecular weight excluding hydrogens is 437 g/mol. The van der Waals surface area contributed by atoms with Crippen LogP contribution in [0.2, 0.25) is 0 Å². The quantitative estimate of drug-likeness (QED) is 0.560. The molecule has 1 fully saturated rings. The Hall–Kier alpha value is -3.34. The molecule has 0 spiro atoms. The number of carbonyl (C=O) groups is 2. The van der Waals surface area contributed by atoms with Gasteiger partial charge in [-0.25, -0.2) is 0 Å². The first kappa shape index (κ1) is 21.5. The zero-order chi connectivity index (χ0) is 23.2. The fraction of sp³-hybridized carbons (Fsp3) is 0.409. The van der Waals surface area contributed by atoms with Gasteiger partial charge in [0, 0.05) is 29.4 Å². The predicted molar refractivity (Wildman–Crippen MR) is 114 cm³/mol. The Morgan fingerprint density at radius 3 is 2.76 bits per heavy atom. The van der Waals surface area contributed by atoms with Gasteiger partial charge < -0.3 is 20.5 Å². The number of hydrogen-bond donors (Lipinski definition) is 3. The molecule has 1 saturated heterocycles. The van der Waals surface area contributed by atoms with Crippen molar-refractivity contribution in [3.63, 3.8) is 0 Å². The highest BCUT2D eigenvalue weighted by Gasteiger charge is 2.43. The largest absolute Gasteiger partial charge is 0.403 e. The van der Waals surface area contributed by atoms with Crippen LogP contribution in [0.15, 0.2) is 36.4 Å². The molecule has 0 radical (unpaired) electrons. The first-order valence-corrected chi connectivity index (χ1v) is 10.8. The van der Waals surface area contributed by atoms with E-state index >= 15 is 0 Å². The Balaban J connectivity index is 1.24. The summed E-state index contributed by atoms with van der Waals surface area (Å²) in [6, 6.07) is 9.46. The molecule has 33 heavy (non-hydrogen) atoms. The van der Waals surface area contributed by atoms with Gasteiger partial charge in [-0.05, 0) is 31.5 Å². The molecule has 2 amide bonds. The van der Waals surface area contributed by atoms with Crippen LogP contribution >= 0.6 is 0 Å². The van der Waals surface area contributed by atoms with Gasteiger partial charge in [-0.15, -0.1) is 0 Å². The predicted octanol–water partition coefficient (Wildman–Crippen LogP) is 2.89. The molecule has 4 heterocycles. The second kappa shape index (κ2) is 8.22. The van der Waals surface area contributed by atoms with Crippen molar-refractivity contribution >= 4 is 28.5 Å². The lowest BCUT2D eigenvalue weighted by atomic mass is 9.91. The monoisotopic (exact) mass is 460 g/mol. The number of nitrogens with zero attached hydrogens (tertiary/aromatic N) is 3. The van der Waals surface area contributed by atoms with E-state index in [1.807, 2.05) is 30.3 Å². The summed E-state index contributed by atoms with van der Waals surface area (Å²) in [4.78, 5) is 30.4. The molecule has 11 heteroatoms. The third kappa shape index (κ3) is 4.32. The molecule has 2 aliphatic rings. The summed E-state index contributed by atoms with van der Waals surface area (Å²) in [7, 11) is 0. The van der Waals surface area contributed by atoms with Gasteiger partial charge in [0.2, 0.25) is 5.91 Å². The fourth-order valence-corrected chi connectivity index (χ4v) is 4.49. The first-order chi connectivity index (χ1) is 15.8. The van der Waals surface area contributed by atoms with Gasteiger partial charge in [-0.2, -0.15) is 18.3 Å². The van der Waals surface area contributed by atoms with Gasteiger partial charge in [0.1, 0.15) is 11.7 Å². The van der Waals surface area contributed by atoms with Crippen LogP contribution < -0.4 is 10.6 Å². The van der Waals surface area contributed by atoms with Gasteiger partial charge in [-0.3, -0.25) is 14.3 Å². The van der Waals surface area contributed by atoms with Gasteiger partial charge in [-0.1, -0.05) is 18.2 Å². The first-order valence-electron chi connectivity index (χ1n) is 10.8. The Bertz CT molecular complexity index is 1170. The summed E-state index contributed by atoms with van der Waals surface area (Å²) < 4.78 is 40.7. The number of aromatic amines is 1. The zero-order valence-corrected chi connectivity index (χ0v) is 17.7. The molecule has 2 aliphatic heterocycles. The summed E-state index contributed by atoms with van der Waals surface area (Å²) in [6.45, 7) is 1.37. The number of halogens is 3. The number of nitrogens with one attached hydrogen (secondary N) is 3. The molecule has 0 saturated carbocycles. The summed E-state index contributed by atoms with van der Waals surface area (Å²) >= 11 is 0. The third-order valence-electron chi connectivity index (χ3n) is 6.27. The van der Waals surface area contributed by atoms with Gasteiger partial charge in [0.15, 0.2) is 5.82 Å². The lowest BCUT2D eigenvalue weighted by Gasteiger charge is -2.30. The van der Waals surface area contributed by atoms with Crippen LogP contribution in [0.1, 0.15) is 29.0 Å². The van der Waals surface area contributed by atoms with Gasteiger partial charge in [0.25, 0.3) is 5.91 Å². The number of carbonyl (C=O) groups excluding carboxylic acids is 2. The maximum absolute atomic E-state index is 13.0. The van der Waals surface area contributed by atoms with Crippen molar-refractivity contribution in [1.82, 2.24) is 25.0 Å². The van der Waals surface area contributed by atoms with Crippen molar-refractivity contribution in [3.8, 4) is 0 Å². The highest BCUT2D eigenvalue weighted by molar-refractivity contribution is 5.98. The van der Waals surface area contributed by atoms with Crippen LogP contribution in [0.4, 0.5) is 19.0 Å². The summed E-state index contributed by atoms with van der Waals surface area (Å²) in [6.07, 6.45) is -4.35. The number of amides is 2. The molecule has 174 valence electrons. The number of para-hydroxylation sites is 1. The maximum Gasteiger partial charge on any atom is 0.403 e. The van der Waals surface area contributed by atoms with E-state index in [9.17, 15) is 22.8 Å². The summed E-state index contributed by atoms with van der Waals surface area (Å²) in [5, 5.41) is 10.4. The third-order valence-corrected chi connectivity index (χ3v) is 6.27. The maximum atomic E-state index is 13.0. The molecule has 3 aromatic rings. The highest BCUT2D eigenvalue weighted by atomic mass is 19.4. The summed E-state index contributed by atoms with van der Waals surface area (Å²) in [5.74, 6) is -1.04. The number of rotatable bonds is 3. The molecule has 0 aliphatic carbocycles. The molecule has 1 aromatic carbocycles. The lowest BCUT2D eigenvalue weighted by molar-refractivity contribution is -0.164. The zero-order valence-electron chi connectivity index (χ0n) is 17.7. The minimum atomic E-state index is -4.38. The van der Waals surface area contributed by atoms with Crippen LogP contribution in [0.3, 0.4) is 0 Å². The second-order valence-electron chi connectivity index (χ2n) is 8.50. The number of hydrogen-bond acceptors (Lipinski definition) is 4. The van der Waals surface area contributed by atoms with E-state index in [4.69, 9.17) is 0 Å². The number of aromatic nitrogens is 3. The van der Waals surface area contributed by atoms with Crippen molar-refractivity contribution in [2.24, 2.45) is 5.92 Å². The minimum absolute atomic E-state index is 0.128. The van der Waals surface area contributed by atoms with E-state index in [2.05, 4.69) is 20.7 Å². The van der Waals surface area contributed by atoms with Gasteiger partial charge >= 0.3 is 6.18 Å². The molecule has 8 nitrogen and oxygen atoms in total. The summed E-state index contributed by atoms with van der Waals surface area (Å²) in [5.41, 5.74) is 2.14. The van der Waals surface area contributed by atoms with Crippen molar-refractivity contribution < 1.29 is 22.8 Å². The minimum Gasteiger partial charge on any atom is -0.351 e. The number of fused-ring (bicyclic) bond motifs is 2. The van der Waals surface area contributed by atoms with Crippen LogP contribution in [0, 0.1) is 5.92 Å². The molecule has 2 atom stereocenters.